The molecule has 1 fully saturated rings. The zero-order chi connectivity index (χ0) is 13.1. The van der Waals surface area contributed by atoms with Crippen molar-refractivity contribution in [3.8, 4) is 0 Å². The van der Waals surface area contributed by atoms with Crippen LogP contribution in [0.2, 0.25) is 0 Å². The highest BCUT2D eigenvalue weighted by molar-refractivity contribution is 7.99. The number of carboxylic acid groups (broad SMARTS) is 1. The summed E-state index contributed by atoms with van der Waals surface area (Å²) < 4.78 is 5.31. The molecule has 18 heavy (non-hydrogen) atoms. The highest BCUT2D eigenvalue weighted by Crippen LogP contribution is 2.22. The molecule has 1 aliphatic rings. The molecule has 1 aromatic heterocycles. The number of rotatable bonds is 3. The van der Waals surface area contributed by atoms with Crippen LogP contribution in [0, 0.1) is 6.92 Å². The maximum atomic E-state index is 12.2. The SMILES string of the molecule is Cc1ccc(C(=O)N2CCSCC2CC(=O)O)o1. The minimum Gasteiger partial charge on any atom is -0.481 e. The standard InChI is InChI=1S/C12H15NO4S/c1-8-2-3-10(17-8)12(16)13-4-5-18-7-9(13)6-11(14)15/h2-3,9H,4-7H2,1H3,(H,14,15). The Balaban J connectivity index is 2.13. The third-order valence-corrected chi connectivity index (χ3v) is 3.94. The number of aryl methyl sites for hydroxylation is 1. The minimum atomic E-state index is -0.879. The summed E-state index contributed by atoms with van der Waals surface area (Å²) in [7, 11) is 0. The number of carbonyl (C=O) groups excluding carboxylic acids is 1. The van der Waals surface area contributed by atoms with Crippen molar-refractivity contribution in [2.24, 2.45) is 0 Å². The number of amides is 1. The van der Waals surface area contributed by atoms with E-state index in [1.165, 1.54) is 0 Å². The third-order valence-electron chi connectivity index (χ3n) is 2.85. The van der Waals surface area contributed by atoms with Crippen molar-refractivity contribution in [1.82, 2.24) is 4.90 Å². The summed E-state index contributed by atoms with van der Waals surface area (Å²) in [5, 5.41) is 8.87. The Kier molecular flexibility index (Phi) is 3.96. The van der Waals surface area contributed by atoms with E-state index in [-0.39, 0.29) is 24.1 Å². The predicted molar refractivity (Wildman–Crippen MR) is 67.8 cm³/mol. The van der Waals surface area contributed by atoms with Gasteiger partial charge in [0.2, 0.25) is 0 Å². The fourth-order valence-corrected chi connectivity index (χ4v) is 3.05. The van der Waals surface area contributed by atoms with Gasteiger partial charge in [0.1, 0.15) is 5.76 Å². The molecule has 1 aliphatic heterocycles. The summed E-state index contributed by atoms with van der Waals surface area (Å²) in [6.45, 7) is 2.35. The molecule has 6 heteroatoms. The molecule has 2 heterocycles. The molecule has 98 valence electrons. The smallest absolute Gasteiger partial charge is 0.305 e. The maximum Gasteiger partial charge on any atom is 0.305 e. The molecule has 0 aliphatic carbocycles. The van der Waals surface area contributed by atoms with Gasteiger partial charge >= 0.3 is 5.97 Å². The van der Waals surface area contributed by atoms with Crippen LogP contribution in [-0.2, 0) is 4.79 Å². The quantitative estimate of drug-likeness (QED) is 0.903. The van der Waals surface area contributed by atoms with Gasteiger partial charge in [-0.2, -0.15) is 11.8 Å². The number of furan rings is 1. The van der Waals surface area contributed by atoms with E-state index in [4.69, 9.17) is 9.52 Å². The Morgan fingerprint density at radius 2 is 2.33 bits per heavy atom. The molecule has 0 spiro atoms. The highest BCUT2D eigenvalue weighted by Gasteiger charge is 2.30. The first kappa shape index (κ1) is 13.0. The predicted octanol–water partition coefficient (Wildman–Crippen LogP) is 1.62. The van der Waals surface area contributed by atoms with Crippen molar-refractivity contribution >= 4 is 23.6 Å². The largest absolute Gasteiger partial charge is 0.481 e. The van der Waals surface area contributed by atoms with Gasteiger partial charge in [0.25, 0.3) is 5.91 Å². The van der Waals surface area contributed by atoms with E-state index in [1.54, 1.807) is 35.7 Å². The molecular formula is C12H15NO4S. The maximum absolute atomic E-state index is 12.2. The number of hydrogen-bond acceptors (Lipinski definition) is 4. The zero-order valence-electron chi connectivity index (χ0n) is 10.1. The zero-order valence-corrected chi connectivity index (χ0v) is 10.9. The third kappa shape index (κ3) is 2.87. The van der Waals surface area contributed by atoms with E-state index in [9.17, 15) is 9.59 Å². The molecule has 1 atom stereocenters. The van der Waals surface area contributed by atoms with Gasteiger partial charge in [-0.1, -0.05) is 0 Å². The van der Waals surface area contributed by atoms with Crippen LogP contribution in [0.15, 0.2) is 16.5 Å². The van der Waals surface area contributed by atoms with Crippen LogP contribution in [-0.4, -0.2) is 46.0 Å². The number of carboxylic acids is 1. The number of nitrogens with zero attached hydrogens (tertiary/aromatic N) is 1. The molecule has 2 rings (SSSR count). The molecule has 1 amide bonds. The monoisotopic (exact) mass is 269 g/mol. The Labute approximate surface area is 109 Å². The number of carbonyl (C=O) groups is 2. The Morgan fingerprint density at radius 3 is 2.94 bits per heavy atom. The topological polar surface area (TPSA) is 70.8 Å². The van der Waals surface area contributed by atoms with E-state index in [0.717, 1.165) is 5.75 Å². The van der Waals surface area contributed by atoms with Gasteiger partial charge in [-0.25, -0.2) is 0 Å². The molecule has 0 saturated carbocycles. The average molecular weight is 269 g/mol. The molecule has 1 unspecified atom stereocenters. The average Bonchev–Trinajstić information content (AvgIpc) is 2.75. The lowest BCUT2D eigenvalue weighted by Gasteiger charge is -2.33. The van der Waals surface area contributed by atoms with Gasteiger partial charge < -0.3 is 14.4 Å². The van der Waals surface area contributed by atoms with Gasteiger partial charge in [0.05, 0.1) is 12.5 Å². The molecule has 1 N–H and O–H groups in total. The Morgan fingerprint density at radius 1 is 1.56 bits per heavy atom. The fourth-order valence-electron chi connectivity index (χ4n) is 1.98. The second-order valence-corrected chi connectivity index (χ2v) is 5.39. The second kappa shape index (κ2) is 5.48. The van der Waals surface area contributed by atoms with Crippen LogP contribution >= 0.6 is 11.8 Å². The van der Waals surface area contributed by atoms with Crippen LogP contribution < -0.4 is 0 Å². The van der Waals surface area contributed by atoms with Gasteiger partial charge in [0.15, 0.2) is 5.76 Å². The summed E-state index contributed by atoms with van der Waals surface area (Å²) in [5.41, 5.74) is 0. The van der Waals surface area contributed by atoms with Gasteiger partial charge in [-0.05, 0) is 19.1 Å². The van der Waals surface area contributed by atoms with Crippen LogP contribution in [0.1, 0.15) is 22.7 Å². The van der Waals surface area contributed by atoms with Crippen molar-refractivity contribution in [2.45, 2.75) is 19.4 Å². The lowest BCUT2D eigenvalue weighted by atomic mass is 10.2. The molecule has 5 nitrogen and oxygen atoms in total. The van der Waals surface area contributed by atoms with E-state index in [0.29, 0.717) is 18.1 Å². The summed E-state index contributed by atoms with van der Waals surface area (Å²) in [5.74, 6) is 1.37. The fraction of sp³-hybridized carbons (Fsp3) is 0.500. The number of thioether (sulfide) groups is 1. The number of hydrogen-bond donors (Lipinski definition) is 1. The van der Waals surface area contributed by atoms with Crippen LogP contribution in [0.3, 0.4) is 0 Å². The Bertz CT molecular complexity index is 457. The van der Waals surface area contributed by atoms with Crippen molar-refractivity contribution < 1.29 is 19.1 Å². The molecule has 0 aromatic carbocycles. The molecule has 0 radical (unpaired) electrons. The Hall–Kier alpha value is -1.43. The van der Waals surface area contributed by atoms with E-state index >= 15 is 0 Å². The first-order chi connectivity index (χ1) is 8.58. The minimum absolute atomic E-state index is 0.0154. The number of aliphatic carboxylic acids is 1. The van der Waals surface area contributed by atoms with Gasteiger partial charge in [-0.15, -0.1) is 0 Å². The molecule has 1 aromatic rings. The summed E-state index contributed by atoms with van der Waals surface area (Å²) in [4.78, 5) is 24.7. The van der Waals surface area contributed by atoms with Gasteiger partial charge in [-0.3, -0.25) is 9.59 Å². The van der Waals surface area contributed by atoms with Crippen molar-refractivity contribution in [2.75, 3.05) is 18.1 Å². The lowest BCUT2D eigenvalue weighted by molar-refractivity contribution is -0.138. The lowest BCUT2D eigenvalue weighted by Crippen LogP contribution is -2.47. The van der Waals surface area contributed by atoms with Crippen molar-refractivity contribution in [3.63, 3.8) is 0 Å². The molecule has 1 saturated heterocycles. The van der Waals surface area contributed by atoms with E-state index < -0.39 is 5.97 Å². The van der Waals surface area contributed by atoms with Gasteiger partial charge in [0, 0.05) is 18.1 Å². The second-order valence-electron chi connectivity index (χ2n) is 4.24. The van der Waals surface area contributed by atoms with Crippen molar-refractivity contribution in [1.29, 1.82) is 0 Å². The van der Waals surface area contributed by atoms with Crippen LogP contribution in [0.5, 0.6) is 0 Å². The summed E-state index contributed by atoms with van der Waals surface area (Å²) in [6.07, 6.45) is -0.0154. The van der Waals surface area contributed by atoms with Crippen molar-refractivity contribution in [3.05, 3.63) is 23.7 Å². The van der Waals surface area contributed by atoms with Crippen LogP contribution in [0.25, 0.3) is 0 Å². The first-order valence-corrected chi connectivity index (χ1v) is 6.90. The molecular weight excluding hydrogens is 254 g/mol. The first-order valence-electron chi connectivity index (χ1n) is 5.75. The highest BCUT2D eigenvalue weighted by atomic mass is 32.2. The normalized spacial score (nSPS) is 19.8. The summed E-state index contributed by atoms with van der Waals surface area (Å²) >= 11 is 1.68. The van der Waals surface area contributed by atoms with E-state index in [2.05, 4.69) is 0 Å². The molecule has 0 bridgehead atoms. The van der Waals surface area contributed by atoms with Crippen LogP contribution in [0.4, 0.5) is 0 Å². The summed E-state index contributed by atoms with van der Waals surface area (Å²) in [6, 6.07) is 3.12. The van der Waals surface area contributed by atoms with E-state index in [1.807, 2.05) is 0 Å².